The molecule has 0 amide bonds. The number of hydrogen-bond acceptors (Lipinski definition) is 5. The van der Waals surface area contributed by atoms with Crippen LogP contribution in [-0.2, 0) is 0 Å². The van der Waals surface area contributed by atoms with Crippen LogP contribution in [0.2, 0.25) is 0 Å². The van der Waals surface area contributed by atoms with Gasteiger partial charge in [-0.25, -0.2) is 4.85 Å². The lowest BCUT2D eigenvalue weighted by atomic mass is 9.88. The Morgan fingerprint density at radius 1 is 0.467 bits per heavy atom. The minimum Gasteiger partial charge on any atom is -0.315 e. The van der Waals surface area contributed by atoms with E-state index in [9.17, 15) is 5.26 Å². The van der Waals surface area contributed by atoms with Crippen LogP contribution < -0.4 is 0 Å². The summed E-state index contributed by atoms with van der Waals surface area (Å²) in [7, 11) is 0. The molecular weight excluding hydrogens is 737 g/mol. The summed E-state index contributed by atoms with van der Waals surface area (Å²) in [5, 5.41) is 21.9. The summed E-state index contributed by atoms with van der Waals surface area (Å²) in [6.45, 7) is 9.12. The average Bonchev–Trinajstić information content (AvgIpc) is 3.84. The largest absolute Gasteiger partial charge is 0.315 e. The molecule has 0 aliphatic heterocycles. The summed E-state index contributed by atoms with van der Waals surface area (Å²) >= 11 is 0. The van der Waals surface area contributed by atoms with Gasteiger partial charge in [0, 0.05) is 79.0 Å². The second kappa shape index (κ2) is 11.9. The zero-order chi connectivity index (χ0) is 39.6. The van der Waals surface area contributed by atoms with Gasteiger partial charge in [-0.1, -0.05) is 109 Å². The predicted octanol–water partition coefficient (Wildman–Crippen LogP) is 12.7. The fourth-order valence-corrected chi connectivity index (χ4v) is 10.1. The lowest BCUT2D eigenvalue weighted by Crippen LogP contribution is -2.09. The molecule has 0 radical (unpaired) electrons. The summed E-state index contributed by atoms with van der Waals surface area (Å²) in [5.74, 6) is 0. The third-order valence-corrected chi connectivity index (χ3v) is 12.3. The molecular formula is C52H26N8. The number of benzene rings is 7. The first-order chi connectivity index (χ1) is 29.8. The van der Waals surface area contributed by atoms with Gasteiger partial charge in [-0.2, -0.15) is 5.26 Å². The van der Waals surface area contributed by atoms with Crippen LogP contribution in [0, 0.1) is 17.9 Å². The Morgan fingerprint density at radius 3 is 1.43 bits per heavy atom. The molecule has 0 aliphatic carbocycles. The van der Waals surface area contributed by atoms with Crippen molar-refractivity contribution in [3.8, 4) is 39.7 Å². The van der Waals surface area contributed by atoms with Crippen LogP contribution in [0.4, 0.5) is 5.69 Å². The van der Waals surface area contributed by atoms with E-state index in [0.29, 0.717) is 28.2 Å². The highest BCUT2D eigenvalue weighted by atomic mass is 15.1. The van der Waals surface area contributed by atoms with E-state index in [0.717, 1.165) is 104 Å². The molecule has 6 aromatic heterocycles. The molecule has 8 heteroatoms. The maximum Gasteiger partial charge on any atom is 0.220 e. The first-order valence-electron chi connectivity index (χ1n) is 19.6. The molecule has 0 saturated carbocycles. The quantitative estimate of drug-likeness (QED) is 0.132. The van der Waals surface area contributed by atoms with E-state index in [1.807, 2.05) is 110 Å². The van der Waals surface area contributed by atoms with Gasteiger partial charge in [0.1, 0.15) is 6.07 Å². The topological polar surface area (TPSA) is 89.6 Å². The molecule has 6 heterocycles. The molecule has 0 fully saturated rings. The molecule has 13 aromatic rings. The van der Waals surface area contributed by atoms with Crippen molar-refractivity contribution in [2.75, 3.05) is 0 Å². The Labute approximate surface area is 341 Å². The Bertz CT molecular complexity index is 3620. The number of aromatic nitrogens is 6. The highest BCUT2D eigenvalue weighted by molar-refractivity contribution is 6.35. The third-order valence-electron chi connectivity index (χ3n) is 12.3. The van der Waals surface area contributed by atoms with Crippen molar-refractivity contribution in [3.63, 3.8) is 0 Å². The SMILES string of the molecule is [C-]#[N+]c1c(-c2ccccc2)c(C#N)c(-n2c3ccnc4c5ccccc5c5nccc2c5c43)c(-c2ccccc2)c1-n1c2cncc3c4ccccc4c4cncc1c4c32. The lowest BCUT2D eigenvalue weighted by Gasteiger charge is -2.25. The molecule has 0 atom stereocenters. The van der Waals surface area contributed by atoms with Gasteiger partial charge in [-0.15, -0.1) is 0 Å². The molecule has 60 heavy (non-hydrogen) atoms. The van der Waals surface area contributed by atoms with Gasteiger partial charge in [0.25, 0.3) is 0 Å². The van der Waals surface area contributed by atoms with Gasteiger partial charge in [0.05, 0.1) is 69.0 Å². The summed E-state index contributed by atoms with van der Waals surface area (Å²) in [4.78, 5) is 24.2. The first kappa shape index (κ1) is 32.4. The van der Waals surface area contributed by atoms with Gasteiger partial charge >= 0.3 is 0 Å². The molecule has 0 unspecified atom stereocenters. The molecule has 0 spiro atoms. The predicted molar refractivity (Wildman–Crippen MR) is 241 cm³/mol. The van der Waals surface area contributed by atoms with Gasteiger partial charge < -0.3 is 9.13 Å². The summed E-state index contributed by atoms with van der Waals surface area (Å²) in [5.41, 5.74) is 10.1. The van der Waals surface area contributed by atoms with Crippen molar-refractivity contribution in [1.29, 1.82) is 5.26 Å². The van der Waals surface area contributed by atoms with E-state index < -0.39 is 0 Å². The van der Waals surface area contributed by atoms with E-state index >= 15 is 0 Å². The van der Waals surface area contributed by atoms with Crippen LogP contribution in [0.25, 0.3) is 125 Å². The van der Waals surface area contributed by atoms with Gasteiger partial charge in [-0.3, -0.25) is 19.9 Å². The van der Waals surface area contributed by atoms with Crippen molar-refractivity contribution in [3.05, 3.63) is 175 Å². The zero-order valence-corrected chi connectivity index (χ0v) is 31.6. The van der Waals surface area contributed by atoms with E-state index in [-0.39, 0.29) is 0 Å². The van der Waals surface area contributed by atoms with Crippen LogP contribution in [0.3, 0.4) is 0 Å². The van der Waals surface area contributed by atoms with Crippen molar-refractivity contribution in [1.82, 2.24) is 29.1 Å². The van der Waals surface area contributed by atoms with Crippen molar-refractivity contribution in [2.24, 2.45) is 0 Å². The first-order valence-corrected chi connectivity index (χ1v) is 19.6. The Hall–Kier alpha value is -8.72. The Morgan fingerprint density at radius 2 is 0.933 bits per heavy atom. The number of rotatable bonds is 4. The van der Waals surface area contributed by atoms with Gasteiger partial charge in [0.2, 0.25) is 5.69 Å². The zero-order valence-electron chi connectivity index (χ0n) is 31.6. The lowest BCUT2D eigenvalue weighted by molar-refractivity contribution is 1.12. The Balaban J connectivity index is 1.33. The fourth-order valence-electron chi connectivity index (χ4n) is 10.1. The summed E-state index contributed by atoms with van der Waals surface area (Å²) in [6.07, 6.45) is 11.4. The van der Waals surface area contributed by atoms with Crippen LogP contribution in [0.15, 0.2) is 159 Å². The minimum absolute atomic E-state index is 0.355. The molecule has 7 aromatic carbocycles. The van der Waals surface area contributed by atoms with Gasteiger partial charge in [-0.05, 0) is 34.0 Å². The second-order valence-corrected chi connectivity index (χ2v) is 15.2. The summed E-state index contributed by atoms with van der Waals surface area (Å²) in [6, 6.07) is 43.4. The van der Waals surface area contributed by atoms with Crippen molar-refractivity contribution in [2.45, 2.75) is 0 Å². The number of nitriles is 1. The molecule has 0 aliphatic rings. The number of hydrogen-bond donors (Lipinski definition) is 0. The molecule has 0 bridgehead atoms. The number of nitrogens with zero attached hydrogens (tertiary/aromatic N) is 8. The van der Waals surface area contributed by atoms with E-state index in [1.165, 1.54) is 0 Å². The molecule has 13 rings (SSSR count). The fraction of sp³-hybridized carbons (Fsp3) is 0. The summed E-state index contributed by atoms with van der Waals surface area (Å²) < 4.78 is 4.39. The van der Waals surface area contributed by atoms with Crippen LogP contribution in [0.5, 0.6) is 0 Å². The van der Waals surface area contributed by atoms with E-state index in [1.54, 1.807) is 0 Å². The molecule has 0 N–H and O–H groups in total. The Kier molecular flexibility index (Phi) is 6.42. The number of fused-ring (bicyclic) bond motifs is 6. The van der Waals surface area contributed by atoms with Crippen LogP contribution in [0.1, 0.15) is 5.56 Å². The molecule has 8 nitrogen and oxygen atoms in total. The normalized spacial score (nSPS) is 12.0. The third kappa shape index (κ3) is 4.01. The van der Waals surface area contributed by atoms with E-state index in [4.69, 9.17) is 26.5 Å². The standard InChI is InChI=1S/C52H26N8/c1-54-50-42(29-12-4-2-5-13-29)35(24-53)51(59-38-20-22-57-48-33-18-10-11-19-34(33)49-47(46(38)48)39(59)21-23-58-49)43(30-14-6-3-7-15-30)52(50)60-40-27-55-25-36-31-16-8-9-17-32(31)37-26-56-28-41(60)45(37)44(36)40/h2-23,25-28H. The van der Waals surface area contributed by atoms with Crippen LogP contribution in [-0.4, -0.2) is 29.1 Å². The van der Waals surface area contributed by atoms with Gasteiger partial charge in [0.15, 0.2) is 0 Å². The van der Waals surface area contributed by atoms with Crippen molar-refractivity contribution >= 4 is 92.6 Å². The number of pyridine rings is 4. The maximum absolute atomic E-state index is 11.7. The second-order valence-electron chi connectivity index (χ2n) is 15.2. The highest BCUT2D eigenvalue weighted by Crippen LogP contribution is 2.54. The highest BCUT2D eigenvalue weighted by Gasteiger charge is 2.33. The molecule has 0 saturated heterocycles. The smallest absolute Gasteiger partial charge is 0.220 e. The van der Waals surface area contributed by atoms with E-state index in [2.05, 4.69) is 68.6 Å². The monoisotopic (exact) mass is 762 g/mol. The minimum atomic E-state index is 0.355. The maximum atomic E-state index is 11.7. The average molecular weight is 763 g/mol. The van der Waals surface area contributed by atoms with Crippen LogP contribution >= 0.6 is 0 Å². The van der Waals surface area contributed by atoms with Crippen molar-refractivity contribution < 1.29 is 0 Å². The molecule has 274 valence electrons.